The number of esters is 1. The lowest BCUT2D eigenvalue weighted by molar-refractivity contribution is -0.157. The van der Waals surface area contributed by atoms with Gasteiger partial charge in [0.2, 0.25) is 0 Å². The topological polar surface area (TPSA) is 84.6 Å². The fourth-order valence-electron chi connectivity index (χ4n) is 0.633. The molecule has 0 amide bonds. The summed E-state index contributed by atoms with van der Waals surface area (Å²) in [5, 5.41) is 8.28. The Morgan fingerprint density at radius 1 is 1.43 bits per heavy atom. The molecule has 0 aliphatic rings. The second-order valence-electron chi connectivity index (χ2n) is 4.39. The van der Waals surface area contributed by atoms with Crippen molar-refractivity contribution in [1.82, 2.24) is 5.48 Å². The molecule has 0 rings (SSSR count). The number of hydrogen-bond donors (Lipinski definition) is 3. The average Bonchev–Trinajstić information content (AvgIpc) is 2.02. The fourth-order valence-corrected chi connectivity index (χ4v) is 0.633. The summed E-state index contributed by atoms with van der Waals surface area (Å²) in [5.74, 6) is -0.361. The Labute approximate surface area is 84.6 Å². The number of carbonyl (C=O) groups excluding carboxylic acids is 1. The minimum Gasteiger partial charge on any atom is -0.464 e. The van der Waals surface area contributed by atoms with Crippen LogP contribution in [0.1, 0.15) is 27.7 Å². The predicted octanol–water partition coefficient (Wildman–Crippen LogP) is 0.272. The Morgan fingerprint density at radius 2 is 1.93 bits per heavy atom. The number of hydroxylamine groups is 1. The number of nitrogens with two attached hydrogens (primary N) is 1. The van der Waals surface area contributed by atoms with Crippen molar-refractivity contribution in [1.29, 1.82) is 0 Å². The first-order chi connectivity index (χ1) is 6.23. The summed E-state index contributed by atoms with van der Waals surface area (Å²) in [6.07, 6.45) is 0. The van der Waals surface area contributed by atoms with E-state index in [1.54, 1.807) is 27.7 Å². The zero-order valence-electron chi connectivity index (χ0n) is 9.26. The highest BCUT2D eigenvalue weighted by Gasteiger charge is 2.41. The van der Waals surface area contributed by atoms with Gasteiger partial charge in [-0.2, -0.15) is 0 Å². The van der Waals surface area contributed by atoms with Crippen LogP contribution in [-0.2, 0) is 9.53 Å². The van der Waals surface area contributed by atoms with Gasteiger partial charge < -0.3 is 15.7 Å². The zero-order chi connectivity index (χ0) is 11.4. The highest BCUT2D eigenvalue weighted by molar-refractivity contribution is 5.77. The Kier molecular flexibility index (Phi) is 4.51. The molecule has 0 aromatic heterocycles. The Bertz CT molecular complexity index is 197. The third-order valence-corrected chi connectivity index (χ3v) is 2.57. The van der Waals surface area contributed by atoms with Crippen molar-refractivity contribution in [2.75, 3.05) is 13.2 Å². The first kappa shape index (κ1) is 13.4. The molecule has 0 atom stereocenters. The molecule has 0 aliphatic heterocycles. The van der Waals surface area contributed by atoms with Gasteiger partial charge in [-0.25, -0.2) is 5.48 Å². The molecule has 0 aromatic carbocycles. The molecule has 0 heterocycles. The number of nitrogens with one attached hydrogen (secondary N) is 1. The molecule has 0 aromatic rings. The van der Waals surface area contributed by atoms with Gasteiger partial charge in [0.05, 0.1) is 12.0 Å². The van der Waals surface area contributed by atoms with Crippen molar-refractivity contribution in [2.24, 2.45) is 11.1 Å². The second kappa shape index (κ2) is 4.72. The largest absolute Gasteiger partial charge is 0.464 e. The standard InChI is InChI=1S/C9H20N2O3/c1-8(2,9(3,4)10)7(12)14-6-5-11-13/h11,13H,5-6,10H2,1-4H3. The highest BCUT2D eigenvalue weighted by atomic mass is 16.5. The lowest BCUT2D eigenvalue weighted by Gasteiger charge is -2.35. The van der Waals surface area contributed by atoms with Crippen molar-refractivity contribution in [2.45, 2.75) is 33.2 Å². The summed E-state index contributed by atoms with van der Waals surface area (Å²) < 4.78 is 4.93. The van der Waals surface area contributed by atoms with E-state index in [1.807, 2.05) is 5.48 Å². The van der Waals surface area contributed by atoms with Crippen LogP contribution in [0.15, 0.2) is 0 Å². The molecule has 0 saturated heterocycles. The molecule has 0 saturated carbocycles. The van der Waals surface area contributed by atoms with E-state index in [9.17, 15) is 4.79 Å². The minimum atomic E-state index is -0.748. The van der Waals surface area contributed by atoms with E-state index in [1.165, 1.54) is 0 Å². The minimum absolute atomic E-state index is 0.134. The first-order valence-corrected chi connectivity index (χ1v) is 4.56. The molecule has 0 bridgehead atoms. The molecule has 0 unspecified atom stereocenters. The van der Waals surface area contributed by atoms with Gasteiger partial charge in [-0.1, -0.05) is 0 Å². The fraction of sp³-hybridized carbons (Fsp3) is 0.889. The van der Waals surface area contributed by atoms with Gasteiger partial charge in [-0.15, -0.1) is 0 Å². The Hall–Kier alpha value is -0.650. The summed E-state index contributed by atoms with van der Waals surface area (Å²) in [7, 11) is 0. The zero-order valence-corrected chi connectivity index (χ0v) is 9.26. The van der Waals surface area contributed by atoms with E-state index in [-0.39, 0.29) is 19.1 Å². The third kappa shape index (κ3) is 3.25. The summed E-state index contributed by atoms with van der Waals surface area (Å²) in [5.41, 5.74) is 6.37. The van der Waals surface area contributed by atoms with Crippen molar-refractivity contribution < 1.29 is 14.7 Å². The number of rotatable bonds is 5. The van der Waals surface area contributed by atoms with Crippen molar-refractivity contribution in [3.8, 4) is 0 Å². The molecule has 84 valence electrons. The molecule has 5 heteroatoms. The van der Waals surface area contributed by atoms with Crippen LogP contribution < -0.4 is 11.2 Å². The van der Waals surface area contributed by atoms with E-state index in [2.05, 4.69) is 0 Å². The maximum Gasteiger partial charge on any atom is 0.313 e. The van der Waals surface area contributed by atoms with Crippen LogP contribution in [0.25, 0.3) is 0 Å². The molecule has 5 nitrogen and oxygen atoms in total. The molecule has 4 N–H and O–H groups in total. The second-order valence-corrected chi connectivity index (χ2v) is 4.39. The first-order valence-electron chi connectivity index (χ1n) is 4.56. The van der Waals surface area contributed by atoms with Crippen molar-refractivity contribution >= 4 is 5.97 Å². The molecule has 0 spiro atoms. The average molecular weight is 204 g/mol. The van der Waals surface area contributed by atoms with Crippen LogP contribution in [0, 0.1) is 5.41 Å². The summed E-state index contributed by atoms with van der Waals surface area (Å²) in [4.78, 5) is 11.6. The van der Waals surface area contributed by atoms with E-state index >= 15 is 0 Å². The summed E-state index contributed by atoms with van der Waals surface area (Å²) in [6.45, 7) is 7.38. The lowest BCUT2D eigenvalue weighted by Crippen LogP contribution is -2.52. The van der Waals surface area contributed by atoms with Gasteiger partial charge in [0, 0.05) is 5.54 Å². The van der Waals surface area contributed by atoms with Crippen molar-refractivity contribution in [3.05, 3.63) is 0 Å². The molecule has 14 heavy (non-hydrogen) atoms. The quantitative estimate of drug-likeness (QED) is 0.340. The maximum absolute atomic E-state index is 11.6. The van der Waals surface area contributed by atoms with Gasteiger partial charge in [0.1, 0.15) is 6.61 Å². The van der Waals surface area contributed by atoms with Gasteiger partial charge in [0.15, 0.2) is 0 Å². The predicted molar refractivity (Wildman–Crippen MR) is 52.8 cm³/mol. The number of carbonyl (C=O) groups is 1. The molecular weight excluding hydrogens is 184 g/mol. The van der Waals surface area contributed by atoms with Crippen LogP contribution in [0.4, 0.5) is 0 Å². The SMILES string of the molecule is CC(C)(N)C(C)(C)C(=O)OCCNO. The Morgan fingerprint density at radius 3 is 2.29 bits per heavy atom. The summed E-state index contributed by atoms with van der Waals surface area (Å²) in [6, 6.07) is 0. The lowest BCUT2D eigenvalue weighted by atomic mass is 9.75. The van der Waals surface area contributed by atoms with E-state index in [0.29, 0.717) is 0 Å². The highest BCUT2D eigenvalue weighted by Crippen LogP contribution is 2.29. The normalized spacial score (nSPS) is 12.7. The number of hydrogen-bond acceptors (Lipinski definition) is 5. The van der Waals surface area contributed by atoms with Crippen LogP contribution in [0.2, 0.25) is 0 Å². The maximum atomic E-state index is 11.6. The smallest absolute Gasteiger partial charge is 0.313 e. The third-order valence-electron chi connectivity index (χ3n) is 2.57. The molecular formula is C9H20N2O3. The van der Waals surface area contributed by atoms with Crippen molar-refractivity contribution in [3.63, 3.8) is 0 Å². The monoisotopic (exact) mass is 204 g/mol. The van der Waals surface area contributed by atoms with Crippen LogP contribution >= 0.6 is 0 Å². The number of ether oxygens (including phenoxy) is 1. The van der Waals surface area contributed by atoms with E-state index in [0.717, 1.165) is 0 Å². The molecule has 0 radical (unpaired) electrons. The Balaban J connectivity index is 4.23. The van der Waals surface area contributed by atoms with Crippen LogP contribution in [0.5, 0.6) is 0 Å². The van der Waals surface area contributed by atoms with Crippen LogP contribution in [-0.4, -0.2) is 29.9 Å². The van der Waals surface area contributed by atoms with Gasteiger partial charge in [-0.05, 0) is 27.7 Å². The van der Waals surface area contributed by atoms with Gasteiger partial charge in [-0.3, -0.25) is 4.79 Å². The summed E-state index contributed by atoms with van der Waals surface area (Å²) >= 11 is 0. The van der Waals surface area contributed by atoms with E-state index in [4.69, 9.17) is 15.7 Å². The molecule has 0 fully saturated rings. The van der Waals surface area contributed by atoms with Gasteiger partial charge >= 0.3 is 5.97 Å². The van der Waals surface area contributed by atoms with Crippen LogP contribution in [0.3, 0.4) is 0 Å². The molecule has 0 aliphatic carbocycles. The van der Waals surface area contributed by atoms with Gasteiger partial charge in [0.25, 0.3) is 0 Å². The van der Waals surface area contributed by atoms with E-state index < -0.39 is 11.0 Å².